The molecule has 130 valence electrons. The normalized spacial score (nSPS) is 20.9. The standard InChI is InChI=1S/C17H23ClN4O2/c1-22-12-14(11-21-22)16-13(4-3-8-23-16)10-19-7-9-24-17-15(18)5-2-6-20-17/h2,5-6,11-13,16,19H,3-4,7-10H2,1H3/t13-,16+/m0/s1. The van der Waals surface area contributed by atoms with Crippen LogP contribution < -0.4 is 10.1 Å². The molecule has 0 radical (unpaired) electrons. The van der Waals surface area contributed by atoms with E-state index in [1.54, 1.807) is 18.3 Å². The van der Waals surface area contributed by atoms with E-state index in [0.29, 0.717) is 23.4 Å². The maximum absolute atomic E-state index is 6.02. The van der Waals surface area contributed by atoms with Crippen molar-refractivity contribution in [2.24, 2.45) is 13.0 Å². The van der Waals surface area contributed by atoms with Crippen LogP contribution >= 0.6 is 11.6 Å². The van der Waals surface area contributed by atoms with E-state index in [0.717, 1.165) is 38.1 Å². The lowest BCUT2D eigenvalue weighted by molar-refractivity contribution is -0.0279. The van der Waals surface area contributed by atoms with Gasteiger partial charge in [0.15, 0.2) is 0 Å². The molecule has 0 amide bonds. The van der Waals surface area contributed by atoms with E-state index >= 15 is 0 Å². The first-order valence-corrected chi connectivity index (χ1v) is 8.66. The Morgan fingerprint density at radius 3 is 3.21 bits per heavy atom. The fourth-order valence-corrected chi connectivity index (χ4v) is 3.17. The highest BCUT2D eigenvalue weighted by atomic mass is 35.5. The van der Waals surface area contributed by atoms with Crippen LogP contribution in [0.1, 0.15) is 24.5 Å². The zero-order valence-electron chi connectivity index (χ0n) is 13.8. The summed E-state index contributed by atoms with van der Waals surface area (Å²) in [6.45, 7) is 2.97. The van der Waals surface area contributed by atoms with Crippen LogP contribution in [-0.4, -0.2) is 41.1 Å². The quantitative estimate of drug-likeness (QED) is 0.778. The predicted molar refractivity (Wildman–Crippen MR) is 92.2 cm³/mol. The Morgan fingerprint density at radius 1 is 1.50 bits per heavy atom. The number of pyridine rings is 1. The molecule has 1 aliphatic rings. The van der Waals surface area contributed by atoms with E-state index in [4.69, 9.17) is 21.1 Å². The summed E-state index contributed by atoms with van der Waals surface area (Å²) in [5.41, 5.74) is 1.15. The topological polar surface area (TPSA) is 61.2 Å². The highest BCUT2D eigenvalue weighted by Gasteiger charge is 2.28. The molecule has 0 aliphatic carbocycles. The number of nitrogens with zero attached hydrogens (tertiary/aromatic N) is 3. The van der Waals surface area contributed by atoms with Gasteiger partial charge in [-0.2, -0.15) is 5.10 Å². The third-order valence-corrected chi connectivity index (χ3v) is 4.43. The second-order valence-corrected chi connectivity index (χ2v) is 6.39. The number of hydrogen-bond donors (Lipinski definition) is 1. The molecule has 0 saturated carbocycles. The number of halogens is 1. The molecule has 0 unspecified atom stereocenters. The molecule has 2 aromatic rings. The Morgan fingerprint density at radius 2 is 2.42 bits per heavy atom. The highest BCUT2D eigenvalue weighted by molar-refractivity contribution is 6.31. The first-order chi connectivity index (χ1) is 11.7. The number of aromatic nitrogens is 3. The van der Waals surface area contributed by atoms with Crippen molar-refractivity contribution in [2.45, 2.75) is 18.9 Å². The smallest absolute Gasteiger partial charge is 0.232 e. The zero-order chi connectivity index (χ0) is 16.8. The van der Waals surface area contributed by atoms with Crippen molar-refractivity contribution in [2.75, 3.05) is 26.3 Å². The molecule has 1 aliphatic heterocycles. The average molecular weight is 351 g/mol. The van der Waals surface area contributed by atoms with E-state index in [1.807, 2.05) is 24.1 Å². The molecular weight excluding hydrogens is 328 g/mol. The minimum atomic E-state index is 0.117. The Hall–Kier alpha value is -1.63. The van der Waals surface area contributed by atoms with Crippen molar-refractivity contribution in [1.29, 1.82) is 0 Å². The summed E-state index contributed by atoms with van der Waals surface area (Å²) in [5, 5.41) is 8.24. The molecule has 2 aromatic heterocycles. The van der Waals surface area contributed by atoms with E-state index in [2.05, 4.69) is 15.4 Å². The van der Waals surface area contributed by atoms with Crippen LogP contribution in [0.15, 0.2) is 30.7 Å². The lowest BCUT2D eigenvalue weighted by Crippen LogP contribution is -2.33. The summed E-state index contributed by atoms with van der Waals surface area (Å²) >= 11 is 6.02. The summed E-state index contributed by atoms with van der Waals surface area (Å²) in [4.78, 5) is 4.11. The maximum Gasteiger partial charge on any atom is 0.232 e. The van der Waals surface area contributed by atoms with Gasteiger partial charge >= 0.3 is 0 Å². The summed E-state index contributed by atoms with van der Waals surface area (Å²) in [6.07, 6.45) is 7.98. The van der Waals surface area contributed by atoms with Gasteiger partial charge < -0.3 is 14.8 Å². The number of rotatable bonds is 7. The second kappa shape index (κ2) is 8.46. The lowest BCUT2D eigenvalue weighted by atomic mass is 9.91. The largest absolute Gasteiger partial charge is 0.475 e. The SMILES string of the molecule is Cn1cc([C@@H]2OCCC[C@H]2CNCCOc2ncccc2Cl)cn1. The number of hydrogen-bond acceptors (Lipinski definition) is 5. The number of nitrogens with one attached hydrogen (secondary N) is 1. The van der Waals surface area contributed by atoms with Gasteiger partial charge in [0.25, 0.3) is 0 Å². The number of ether oxygens (including phenoxy) is 2. The van der Waals surface area contributed by atoms with Gasteiger partial charge in [-0.3, -0.25) is 4.68 Å². The van der Waals surface area contributed by atoms with Crippen molar-refractivity contribution in [1.82, 2.24) is 20.1 Å². The van der Waals surface area contributed by atoms with Crippen LogP contribution in [0.2, 0.25) is 5.02 Å². The van der Waals surface area contributed by atoms with Gasteiger partial charge in [-0.25, -0.2) is 4.98 Å². The third kappa shape index (κ3) is 4.47. The molecule has 0 bridgehead atoms. The van der Waals surface area contributed by atoms with Crippen LogP contribution in [0.4, 0.5) is 0 Å². The van der Waals surface area contributed by atoms with Gasteiger partial charge in [-0.15, -0.1) is 0 Å². The molecule has 24 heavy (non-hydrogen) atoms. The van der Waals surface area contributed by atoms with Crippen molar-refractivity contribution in [3.05, 3.63) is 41.3 Å². The highest BCUT2D eigenvalue weighted by Crippen LogP contribution is 2.32. The monoisotopic (exact) mass is 350 g/mol. The van der Waals surface area contributed by atoms with Crippen LogP contribution in [0.25, 0.3) is 0 Å². The van der Waals surface area contributed by atoms with Gasteiger partial charge in [0.1, 0.15) is 11.6 Å². The van der Waals surface area contributed by atoms with E-state index in [9.17, 15) is 0 Å². The van der Waals surface area contributed by atoms with Gasteiger partial charge in [0, 0.05) is 50.6 Å². The Labute approximate surface area is 147 Å². The van der Waals surface area contributed by atoms with Crippen LogP contribution in [0.5, 0.6) is 5.88 Å². The van der Waals surface area contributed by atoms with E-state index in [1.165, 1.54) is 0 Å². The summed E-state index contributed by atoms with van der Waals surface area (Å²) in [5.74, 6) is 0.927. The van der Waals surface area contributed by atoms with Gasteiger partial charge in [-0.1, -0.05) is 11.6 Å². The van der Waals surface area contributed by atoms with Crippen molar-refractivity contribution in [3.63, 3.8) is 0 Å². The Kier molecular flexibility index (Phi) is 6.07. The fraction of sp³-hybridized carbons (Fsp3) is 0.529. The summed E-state index contributed by atoms with van der Waals surface area (Å²) in [7, 11) is 1.93. The Bertz CT molecular complexity index is 649. The van der Waals surface area contributed by atoms with Gasteiger partial charge in [-0.05, 0) is 25.0 Å². The molecule has 0 aromatic carbocycles. The minimum Gasteiger partial charge on any atom is -0.475 e. The first-order valence-electron chi connectivity index (χ1n) is 8.28. The summed E-state index contributed by atoms with van der Waals surface area (Å²) < 4.78 is 13.4. The van der Waals surface area contributed by atoms with Crippen LogP contribution in [0.3, 0.4) is 0 Å². The molecule has 2 atom stereocenters. The maximum atomic E-state index is 6.02. The van der Waals surface area contributed by atoms with Crippen molar-refractivity contribution in [3.8, 4) is 5.88 Å². The predicted octanol–water partition coefficient (Wildman–Crippen LogP) is 2.60. The van der Waals surface area contributed by atoms with Gasteiger partial charge in [0.2, 0.25) is 5.88 Å². The molecule has 1 fully saturated rings. The Balaban J connectivity index is 1.44. The molecule has 3 rings (SSSR count). The van der Waals surface area contributed by atoms with Crippen molar-refractivity contribution >= 4 is 11.6 Å². The first kappa shape index (κ1) is 17.2. The molecule has 1 saturated heterocycles. The molecule has 3 heterocycles. The average Bonchev–Trinajstić information content (AvgIpc) is 3.03. The lowest BCUT2D eigenvalue weighted by Gasteiger charge is -2.31. The van der Waals surface area contributed by atoms with E-state index < -0.39 is 0 Å². The fourth-order valence-electron chi connectivity index (χ4n) is 2.99. The second-order valence-electron chi connectivity index (χ2n) is 5.98. The van der Waals surface area contributed by atoms with Crippen LogP contribution in [-0.2, 0) is 11.8 Å². The number of aryl methyl sites for hydroxylation is 1. The molecule has 7 heteroatoms. The minimum absolute atomic E-state index is 0.117. The third-order valence-electron chi connectivity index (χ3n) is 4.15. The zero-order valence-corrected chi connectivity index (χ0v) is 14.6. The molecule has 1 N–H and O–H groups in total. The molecular formula is C17H23ClN4O2. The summed E-state index contributed by atoms with van der Waals surface area (Å²) in [6, 6.07) is 3.56. The molecule has 6 nitrogen and oxygen atoms in total. The molecule has 0 spiro atoms. The van der Waals surface area contributed by atoms with Crippen LogP contribution in [0, 0.1) is 5.92 Å². The van der Waals surface area contributed by atoms with Crippen molar-refractivity contribution < 1.29 is 9.47 Å². The van der Waals surface area contributed by atoms with Gasteiger partial charge in [0.05, 0.1) is 12.3 Å². The van der Waals surface area contributed by atoms with E-state index in [-0.39, 0.29) is 6.10 Å².